The summed E-state index contributed by atoms with van der Waals surface area (Å²) < 4.78 is 6.06. The lowest BCUT2D eigenvalue weighted by Crippen LogP contribution is -2.49. The number of hydrogen-bond donors (Lipinski definition) is 0. The Labute approximate surface area is 139 Å². The second-order valence-corrected chi connectivity index (χ2v) is 5.35. The van der Waals surface area contributed by atoms with Crippen molar-refractivity contribution in [3.05, 3.63) is 47.6 Å². The summed E-state index contributed by atoms with van der Waals surface area (Å²) in [6.45, 7) is 4.91. The largest absolute Gasteiger partial charge is 0.619 e. The van der Waals surface area contributed by atoms with Gasteiger partial charge in [0, 0.05) is 50.6 Å². The van der Waals surface area contributed by atoms with Gasteiger partial charge in [-0.3, -0.25) is 4.79 Å². The number of nitrogens with zero attached hydrogens (tertiary/aromatic N) is 5. The number of carbonyl (C=O) groups is 1. The van der Waals surface area contributed by atoms with Crippen LogP contribution in [-0.4, -0.2) is 53.6 Å². The molecule has 8 nitrogen and oxygen atoms in total. The van der Waals surface area contributed by atoms with Gasteiger partial charge >= 0.3 is 0 Å². The van der Waals surface area contributed by atoms with Crippen LogP contribution in [0.5, 0.6) is 5.88 Å². The minimum Gasteiger partial charge on any atom is -0.619 e. The van der Waals surface area contributed by atoms with E-state index in [1.54, 1.807) is 17.2 Å². The minimum absolute atomic E-state index is 0.0702. The van der Waals surface area contributed by atoms with Crippen molar-refractivity contribution in [2.24, 2.45) is 0 Å². The maximum absolute atomic E-state index is 12.4. The van der Waals surface area contributed by atoms with Crippen LogP contribution in [0.2, 0.25) is 0 Å². The van der Waals surface area contributed by atoms with Gasteiger partial charge in [-0.15, -0.1) is 0 Å². The van der Waals surface area contributed by atoms with Crippen molar-refractivity contribution in [3.63, 3.8) is 0 Å². The van der Waals surface area contributed by atoms with Crippen molar-refractivity contribution in [2.45, 2.75) is 6.92 Å². The maximum Gasteiger partial charge on any atom is 0.254 e. The number of anilines is 1. The minimum atomic E-state index is -0.0702. The summed E-state index contributed by atoms with van der Waals surface area (Å²) in [4.78, 5) is 24.9. The van der Waals surface area contributed by atoms with E-state index in [1.165, 1.54) is 24.5 Å². The Hall–Kier alpha value is -2.90. The Kier molecular flexibility index (Phi) is 4.74. The highest BCUT2D eigenvalue weighted by Crippen LogP contribution is 2.15. The molecule has 0 bridgehead atoms. The molecule has 0 aliphatic carbocycles. The molecule has 2 aromatic heterocycles. The molecular formula is C16H19N5O3. The first-order valence-electron chi connectivity index (χ1n) is 7.86. The fourth-order valence-electron chi connectivity index (χ4n) is 2.56. The first-order chi connectivity index (χ1) is 11.7. The van der Waals surface area contributed by atoms with Gasteiger partial charge in [-0.05, 0) is 6.92 Å². The summed E-state index contributed by atoms with van der Waals surface area (Å²) in [5, 5.41) is 11.1. The van der Waals surface area contributed by atoms with E-state index in [-0.39, 0.29) is 5.91 Å². The van der Waals surface area contributed by atoms with Crippen LogP contribution < -0.4 is 14.4 Å². The van der Waals surface area contributed by atoms with Gasteiger partial charge in [0.15, 0.2) is 12.4 Å². The van der Waals surface area contributed by atoms with Gasteiger partial charge in [0.2, 0.25) is 11.8 Å². The summed E-state index contributed by atoms with van der Waals surface area (Å²) >= 11 is 0. The van der Waals surface area contributed by atoms with Crippen LogP contribution in [0.15, 0.2) is 36.8 Å². The van der Waals surface area contributed by atoms with Crippen LogP contribution in [0.25, 0.3) is 0 Å². The van der Waals surface area contributed by atoms with E-state index in [1.807, 2.05) is 11.8 Å². The van der Waals surface area contributed by atoms with Crippen molar-refractivity contribution >= 4 is 11.9 Å². The number of aromatic nitrogens is 3. The normalized spacial score (nSPS) is 14.5. The predicted octanol–water partition coefficient (Wildman–Crippen LogP) is 0.471. The fourth-order valence-corrected chi connectivity index (χ4v) is 2.56. The summed E-state index contributed by atoms with van der Waals surface area (Å²) in [5.74, 6) is 1.09. The topological polar surface area (TPSA) is 85.5 Å². The number of carbonyl (C=O) groups excluding carboxylic acids is 1. The average Bonchev–Trinajstić information content (AvgIpc) is 2.62. The van der Waals surface area contributed by atoms with Crippen LogP contribution >= 0.6 is 0 Å². The molecular weight excluding hydrogens is 310 g/mol. The molecule has 1 aliphatic heterocycles. The monoisotopic (exact) mass is 329 g/mol. The third-order valence-corrected chi connectivity index (χ3v) is 3.81. The highest BCUT2D eigenvalue weighted by atomic mass is 16.5. The summed E-state index contributed by atoms with van der Waals surface area (Å²) in [5.41, 5.74) is 0.519. The molecule has 1 fully saturated rings. The molecule has 0 N–H and O–H groups in total. The molecule has 0 spiro atoms. The molecule has 2 aromatic rings. The molecule has 0 aromatic carbocycles. The van der Waals surface area contributed by atoms with E-state index in [0.29, 0.717) is 54.9 Å². The molecule has 3 heterocycles. The van der Waals surface area contributed by atoms with Gasteiger partial charge in [0.1, 0.15) is 0 Å². The van der Waals surface area contributed by atoms with E-state index in [9.17, 15) is 10.0 Å². The lowest BCUT2D eigenvalue weighted by atomic mass is 10.2. The lowest BCUT2D eigenvalue weighted by molar-refractivity contribution is -0.605. The lowest BCUT2D eigenvalue weighted by Gasteiger charge is -2.34. The first kappa shape index (κ1) is 16.0. The number of ether oxygens (including phenoxy) is 1. The summed E-state index contributed by atoms with van der Waals surface area (Å²) in [7, 11) is 0. The van der Waals surface area contributed by atoms with Crippen molar-refractivity contribution in [1.82, 2.24) is 14.9 Å². The molecule has 1 saturated heterocycles. The van der Waals surface area contributed by atoms with Crippen LogP contribution in [0.1, 0.15) is 17.3 Å². The number of amides is 1. The molecule has 126 valence electrons. The second kappa shape index (κ2) is 7.12. The molecule has 0 atom stereocenters. The van der Waals surface area contributed by atoms with Gasteiger partial charge in [0.05, 0.1) is 12.2 Å². The standard InChI is InChI=1S/C16H19N5O3/c1-2-24-14-3-6-17-16(18-14)20-11-9-19(10-12-20)15(22)13-4-7-21(23)8-5-13/h3-8H,2,9-12H2,1H3. The summed E-state index contributed by atoms with van der Waals surface area (Å²) in [6.07, 6.45) is 4.33. The van der Waals surface area contributed by atoms with Crippen LogP contribution in [0.3, 0.4) is 0 Å². The van der Waals surface area contributed by atoms with Crippen LogP contribution in [-0.2, 0) is 0 Å². The average molecular weight is 329 g/mol. The quantitative estimate of drug-likeness (QED) is 0.599. The molecule has 1 amide bonds. The zero-order valence-electron chi connectivity index (χ0n) is 13.5. The van der Waals surface area contributed by atoms with E-state index < -0.39 is 0 Å². The van der Waals surface area contributed by atoms with E-state index in [0.717, 1.165) is 0 Å². The summed E-state index contributed by atoms with van der Waals surface area (Å²) in [6, 6.07) is 4.80. The van der Waals surface area contributed by atoms with Gasteiger partial charge < -0.3 is 19.7 Å². The Morgan fingerprint density at radius 3 is 2.62 bits per heavy atom. The Morgan fingerprint density at radius 2 is 1.96 bits per heavy atom. The Morgan fingerprint density at radius 1 is 1.25 bits per heavy atom. The molecule has 24 heavy (non-hydrogen) atoms. The third-order valence-electron chi connectivity index (χ3n) is 3.81. The zero-order chi connectivity index (χ0) is 16.9. The number of hydrogen-bond acceptors (Lipinski definition) is 6. The van der Waals surface area contributed by atoms with E-state index in [4.69, 9.17) is 4.74 Å². The molecule has 0 saturated carbocycles. The Bertz CT molecular complexity index is 699. The molecule has 0 unspecified atom stereocenters. The second-order valence-electron chi connectivity index (χ2n) is 5.35. The van der Waals surface area contributed by atoms with Crippen molar-refractivity contribution in [2.75, 3.05) is 37.7 Å². The smallest absolute Gasteiger partial charge is 0.254 e. The highest BCUT2D eigenvalue weighted by molar-refractivity contribution is 5.94. The number of rotatable bonds is 4. The van der Waals surface area contributed by atoms with Crippen molar-refractivity contribution in [3.8, 4) is 5.88 Å². The maximum atomic E-state index is 12.4. The molecule has 8 heteroatoms. The van der Waals surface area contributed by atoms with Gasteiger partial charge in [-0.2, -0.15) is 9.71 Å². The number of pyridine rings is 1. The molecule has 0 radical (unpaired) electrons. The van der Waals surface area contributed by atoms with E-state index >= 15 is 0 Å². The Balaban J connectivity index is 1.62. The van der Waals surface area contributed by atoms with Gasteiger partial charge in [0.25, 0.3) is 5.91 Å². The predicted molar refractivity (Wildman–Crippen MR) is 86.7 cm³/mol. The zero-order valence-corrected chi connectivity index (χ0v) is 13.5. The highest BCUT2D eigenvalue weighted by Gasteiger charge is 2.24. The first-order valence-corrected chi connectivity index (χ1v) is 7.86. The van der Waals surface area contributed by atoms with Crippen molar-refractivity contribution in [1.29, 1.82) is 0 Å². The fraction of sp³-hybridized carbons (Fsp3) is 0.375. The SMILES string of the molecule is CCOc1ccnc(N2CCN(C(=O)c3cc[n+]([O-])cc3)CC2)n1. The number of piperazine rings is 1. The van der Waals surface area contributed by atoms with Gasteiger partial charge in [-0.1, -0.05) is 0 Å². The third kappa shape index (κ3) is 3.53. The van der Waals surface area contributed by atoms with Crippen molar-refractivity contribution < 1.29 is 14.3 Å². The molecule has 1 aliphatic rings. The molecule has 3 rings (SSSR count). The van der Waals surface area contributed by atoms with Crippen LogP contribution in [0.4, 0.5) is 5.95 Å². The van der Waals surface area contributed by atoms with Gasteiger partial charge in [-0.25, -0.2) is 4.98 Å². The van der Waals surface area contributed by atoms with E-state index in [2.05, 4.69) is 9.97 Å². The van der Waals surface area contributed by atoms with Crippen LogP contribution in [0, 0.1) is 5.21 Å².